The maximum atomic E-state index is 14.5. The summed E-state index contributed by atoms with van der Waals surface area (Å²) in [6.07, 6.45) is 5.05. The van der Waals surface area contributed by atoms with Gasteiger partial charge in [-0.25, -0.2) is 4.39 Å². The summed E-state index contributed by atoms with van der Waals surface area (Å²) < 4.78 is 14.5. The number of nitrogens with zero attached hydrogens (tertiary/aromatic N) is 1. The Balaban J connectivity index is 1.56. The molecule has 0 unspecified atom stereocenters. The summed E-state index contributed by atoms with van der Waals surface area (Å²) in [7, 11) is 0. The van der Waals surface area contributed by atoms with Crippen LogP contribution in [-0.4, -0.2) is 10.2 Å². The van der Waals surface area contributed by atoms with Crippen LogP contribution in [0.3, 0.4) is 0 Å². The van der Waals surface area contributed by atoms with Crippen molar-refractivity contribution in [2.24, 2.45) is 0 Å². The summed E-state index contributed by atoms with van der Waals surface area (Å²) in [6, 6.07) is 5.87. The van der Waals surface area contributed by atoms with Gasteiger partial charge in [-0.2, -0.15) is 16.9 Å². The quantitative estimate of drug-likeness (QED) is 0.863. The van der Waals surface area contributed by atoms with Crippen molar-refractivity contribution in [2.45, 2.75) is 43.1 Å². The molecule has 2 N–H and O–H groups in total. The normalized spacial score (nSPS) is 18.1. The molecule has 4 rings (SSSR count). The minimum atomic E-state index is -0.122. The number of benzene rings is 1. The molecular formula is C16H18FN3S. The molecule has 3 nitrogen and oxygen atoms in total. The van der Waals surface area contributed by atoms with E-state index >= 15 is 0 Å². The number of aromatic amines is 1. The molecule has 1 aromatic heterocycles. The van der Waals surface area contributed by atoms with Crippen molar-refractivity contribution in [2.75, 3.05) is 5.32 Å². The number of fused-ring (bicyclic) bond motifs is 1. The first-order chi connectivity index (χ1) is 10.3. The van der Waals surface area contributed by atoms with E-state index in [1.54, 1.807) is 11.8 Å². The second kappa shape index (κ2) is 5.37. The molecule has 1 aliphatic heterocycles. The largest absolute Gasteiger partial charge is 0.336 e. The third kappa shape index (κ3) is 2.44. The second-order valence-electron chi connectivity index (χ2n) is 5.87. The van der Waals surface area contributed by atoms with Gasteiger partial charge in [-0.05, 0) is 24.5 Å². The number of thioether (sulfide) groups is 1. The highest BCUT2D eigenvalue weighted by atomic mass is 32.2. The average molecular weight is 303 g/mol. The Kier molecular flexibility index (Phi) is 3.37. The van der Waals surface area contributed by atoms with E-state index in [-0.39, 0.29) is 5.82 Å². The van der Waals surface area contributed by atoms with Crippen LogP contribution in [0, 0.1) is 5.82 Å². The predicted molar refractivity (Wildman–Crippen MR) is 84.5 cm³/mol. The molecule has 2 aromatic rings. The van der Waals surface area contributed by atoms with Crippen LogP contribution in [0.2, 0.25) is 0 Å². The Bertz CT molecular complexity index is 662. The summed E-state index contributed by atoms with van der Waals surface area (Å²) in [5.41, 5.74) is 3.67. The maximum Gasteiger partial charge on any atom is 0.152 e. The Hall–Kier alpha value is -1.49. The first-order valence-corrected chi connectivity index (χ1v) is 8.67. The van der Waals surface area contributed by atoms with Crippen LogP contribution in [0.15, 0.2) is 18.2 Å². The summed E-state index contributed by atoms with van der Waals surface area (Å²) in [5.74, 6) is 2.87. The van der Waals surface area contributed by atoms with Crippen molar-refractivity contribution in [1.29, 1.82) is 0 Å². The molecule has 2 heterocycles. The predicted octanol–water partition coefficient (Wildman–Crippen LogP) is 4.70. The lowest BCUT2D eigenvalue weighted by molar-refractivity contribution is 0.620. The molecule has 0 spiro atoms. The van der Waals surface area contributed by atoms with Gasteiger partial charge in [-0.3, -0.25) is 5.10 Å². The fourth-order valence-electron chi connectivity index (χ4n) is 3.30. The third-order valence-corrected chi connectivity index (χ3v) is 5.51. The van der Waals surface area contributed by atoms with Crippen molar-refractivity contribution in [3.8, 4) is 0 Å². The van der Waals surface area contributed by atoms with Crippen molar-refractivity contribution in [3.63, 3.8) is 0 Å². The standard InChI is InChI=1S/C16H18FN3S/c17-16-12-9-21-8-11(12)5-6-13(16)18-15-7-14(19-20-15)10-3-1-2-4-10/h5-7,10H,1-4,8-9H2,(H2,18,19,20). The molecule has 21 heavy (non-hydrogen) atoms. The molecule has 110 valence electrons. The van der Waals surface area contributed by atoms with E-state index in [2.05, 4.69) is 15.5 Å². The van der Waals surface area contributed by atoms with Gasteiger partial charge in [-0.1, -0.05) is 18.9 Å². The number of nitrogens with one attached hydrogen (secondary N) is 2. The van der Waals surface area contributed by atoms with Gasteiger partial charge in [0, 0.05) is 34.7 Å². The molecule has 0 saturated heterocycles. The topological polar surface area (TPSA) is 40.7 Å². The van der Waals surface area contributed by atoms with Crippen LogP contribution < -0.4 is 5.32 Å². The van der Waals surface area contributed by atoms with E-state index in [9.17, 15) is 4.39 Å². The van der Waals surface area contributed by atoms with Gasteiger partial charge in [0.2, 0.25) is 0 Å². The molecular weight excluding hydrogens is 285 g/mol. The number of rotatable bonds is 3. The summed E-state index contributed by atoms with van der Waals surface area (Å²) in [5, 5.41) is 10.5. The molecule has 0 bridgehead atoms. The van der Waals surface area contributed by atoms with Crippen LogP contribution in [0.25, 0.3) is 0 Å². The second-order valence-corrected chi connectivity index (χ2v) is 6.86. The fraction of sp³-hybridized carbons (Fsp3) is 0.438. The van der Waals surface area contributed by atoms with E-state index < -0.39 is 0 Å². The number of H-pyrrole nitrogens is 1. The van der Waals surface area contributed by atoms with E-state index in [0.29, 0.717) is 17.4 Å². The summed E-state index contributed by atoms with van der Waals surface area (Å²) >= 11 is 1.76. The Morgan fingerprint density at radius 3 is 2.95 bits per heavy atom. The third-order valence-electron chi connectivity index (χ3n) is 4.50. The zero-order valence-electron chi connectivity index (χ0n) is 11.8. The Morgan fingerprint density at radius 1 is 1.24 bits per heavy atom. The van der Waals surface area contributed by atoms with Crippen LogP contribution in [0.5, 0.6) is 0 Å². The number of halogens is 1. The zero-order valence-corrected chi connectivity index (χ0v) is 12.6. The van der Waals surface area contributed by atoms with E-state index in [1.165, 1.54) is 31.4 Å². The van der Waals surface area contributed by atoms with Crippen molar-refractivity contribution in [1.82, 2.24) is 10.2 Å². The highest BCUT2D eigenvalue weighted by molar-refractivity contribution is 7.98. The molecule has 0 amide bonds. The molecule has 1 aliphatic carbocycles. The summed E-state index contributed by atoms with van der Waals surface area (Å²) in [6.45, 7) is 0. The van der Waals surface area contributed by atoms with Crippen molar-refractivity contribution >= 4 is 23.3 Å². The fourth-order valence-corrected chi connectivity index (χ4v) is 4.41. The van der Waals surface area contributed by atoms with Crippen molar-refractivity contribution in [3.05, 3.63) is 40.8 Å². The first kappa shape index (κ1) is 13.2. The van der Waals surface area contributed by atoms with Gasteiger partial charge in [-0.15, -0.1) is 0 Å². The lowest BCUT2D eigenvalue weighted by Crippen LogP contribution is -1.98. The van der Waals surface area contributed by atoms with Gasteiger partial charge in [0.25, 0.3) is 0 Å². The van der Waals surface area contributed by atoms with Gasteiger partial charge in [0.05, 0.1) is 5.69 Å². The molecule has 2 aliphatic rings. The average Bonchev–Trinajstić information content (AvgIpc) is 3.21. The number of hydrogen-bond donors (Lipinski definition) is 2. The van der Waals surface area contributed by atoms with E-state index in [0.717, 1.165) is 22.6 Å². The molecule has 1 saturated carbocycles. The highest BCUT2D eigenvalue weighted by Crippen LogP contribution is 2.36. The molecule has 1 aromatic carbocycles. The SMILES string of the molecule is Fc1c(Nc2cc(C3CCCC3)[nH]n2)ccc2c1CSC2. The van der Waals surface area contributed by atoms with Gasteiger partial charge >= 0.3 is 0 Å². The Morgan fingerprint density at radius 2 is 2.10 bits per heavy atom. The molecule has 1 fully saturated rings. The minimum absolute atomic E-state index is 0.122. The van der Waals surface area contributed by atoms with Gasteiger partial charge in [0.1, 0.15) is 0 Å². The molecule has 5 heteroatoms. The molecule has 0 atom stereocenters. The van der Waals surface area contributed by atoms with Crippen LogP contribution in [0.1, 0.15) is 48.4 Å². The smallest absolute Gasteiger partial charge is 0.152 e. The lowest BCUT2D eigenvalue weighted by Gasteiger charge is -2.08. The minimum Gasteiger partial charge on any atom is -0.336 e. The monoisotopic (exact) mass is 303 g/mol. The van der Waals surface area contributed by atoms with Gasteiger partial charge < -0.3 is 5.32 Å². The van der Waals surface area contributed by atoms with E-state index in [1.807, 2.05) is 18.2 Å². The van der Waals surface area contributed by atoms with Gasteiger partial charge in [0.15, 0.2) is 11.6 Å². The summed E-state index contributed by atoms with van der Waals surface area (Å²) in [4.78, 5) is 0. The number of aromatic nitrogens is 2. The van der Waals surface area contributed by atoms with Crippen LogP contribution >= 0.6 is 11.8 Å². The lowest BCUT2D eigenvalue weighted by atomic mass is 10.0. The number of anilines is 2. The van der Waals surface area contributed by atoms with Crippen molar-refractivity contribution < 1.29 is 4.39 Å². The van der Waals surface area contributed by atoms with Crippen LogP contribution in [-0.2, 0) is 11.5 Å². The molecule has 0 radical (unpaired) electrons. The number of hydrogen-bond acceptors (Lipinski definition) is 3. The Labute approximate surface area is 127 Å². The zero-order chi connectivity index (χ0) is 14.2. The highest BCUT2D eigenvalue weighted by Gasteiger charge is 2.21. The maximum absolute atomic E-state index is 14.5. The first-order valence-electron chi connectivity index (χ1n) is 7.51. The van der Waals surface area contributed by atoms with Crippen LogP contribution in [0.4, 0.5) is 15.9 Å². The van der Waals surface area contributed by atoms with E-state index in [4.69, 9.17) is 0 Å².